The van der Waals surface area contributed by atoms with Crippen molar-refractivity contribution in [2.75, 3.05) is 19.9 Å². The molecular formula is C31H27N7O3. The molecule has 2 aliphatic rings. The molecule has 41 heavy (non-hydrogen) atoms. The quantitative estimate of drug-likeness (QED) is 0.263. The van der Waals surface area contributed by atoms with Gasteiger partial charge in [-0.2, -0.15) is 5.10 Å². The molecule has 0 unspecified atom stereocenters. The van der Waals surface area contributed by atoms with E-state index in [0.717, 1.165) is 104 Å². The number of aromatic nitrogens is 6. The van der Waals surface area contributed by atoms with Crippen LogP contribution in [0.5, 0.6) is 17.2 Å². The first-order valence-corrected chi connectivity index (χ1v) is 13.8. The number of nitrogens with one attached hydrogen (secondary N) is 3. The van der Waals surface area contributed by atoms with Crippen molar-refractivity contribution < 1.29 is 14.2 Å². The lowest BCUT2D eigenvalue weighted by Gasteiger charge is -2.23. The molecule has 1 fully saturated rings. The van der Waals surface area contributed by atoms with Crippen LogP contribution in [0.25, 0.3) is 55.7 Å². The van der Waals surface area contributed by atoms with E-state index < -0.39 is 0 Å². The minimum absolute atomic E-state index is 0.200. The van der Waals surface area contributed by atoms with Gasteiger partial charge >= 0.3 is 0 Å². The number of nitrogens with zero attached hydrogens (tertiary/aromatic N) is 4. The highest BCUT2D eigenvalue weighted by Gasteiger charge is 2.21. The Morgan fingerprint density at radius 3 is 2.68 bits per heavy atom. The number of rotatable bonds is 5. The average Bonchev–Trinajstić information content (AvgIpc) is 3.74. The minimum atomic E-state index is 0.200. The van der Waals surface area contributed by atoms with Gasteiger partial charge in [0, 0.05) is 28.9 Å². The summed E-state index contributed by atoms with van der Waals surface area (Å²) in [5.41, 5.74) is 8.98. The van der Waals surface area contributed by atoms with Crippen LogP contribution in [0.2, 0.25) is 0 Å². The number of ether oxygens (including phenoxy) is 3. The highest BCUT2D eigenvalue weighted by Crippen LogP contribution is 2.41. The maximum atomic E-state index is 6.23. The SMILES string of the molecule is Cc1c(-c2n[nH]c3ccc(-c4cncc(OC5CCNCC5)c4)nc23)[nH]c2cncc(-c3ccc4c(c3)OCO4)c12. The Hall–Kier alpha value is -4.96. The van der Waals surface area contributed by atoms with E-state index in [4.69, 9.17) is 19.2 Å². The summed E-state index contributed by atoms with van der Waals surface area (Å²) in [7, 11) is 0. The molecule has 0 spiro atoms. The summed E-state index contributed by atoms with van der Waals surface area (Å²) in [5.74, 6) is 2.25. The van der Waals surface area contributed by atoms with Crippen LogP contribution in [0.15, 0.2) is 61.2 Å². The molecule has 3 N–H and O–H groups in total. The van der Waals surface area contributed by atoms with Gasteiger partial charge in [0.2, 0.25) is 6.79 Å². The average molecular weight is 546 g/mol. The van der Waals surface area contributed by atoms with Gasteiger partial charge in [0.15, 0.2) is 11.5 Å². The third kappa shape index (κ3) is 4.15. The first-order chi connectivity index (χ1) is 20.2. The Bertz CT molecular complexity index is 1920. The lowest BCUT2D eigenvalue weighted by molar-refractivity contribution is 0.162. The molecule has 10 nitrogen and oxygen atoms in total. The van der Waals surface area contributed by atoms with Crippen LogP contribution in [0.1, 0.15) is 18.4 Å². The smallest absolute Gasteiger partial charge is 0.231 e. The molecule has 0 bridgehead atoms. The highest BCUT2D eigenvalue weighted by atomic mass is 16.7. The number of benzene rings is 1. The van der Waals surface area contributed by atoms with Crippen molar-refractivity contribution in [3.63, 3.8) is 0 Å². The van der Waals surface area contributed by atoms with Crippen molar-refractivity contribution in [3.05, 3.63) is 66.7 Å². The van der Waals surface area contributed by atoms with Crippen molar-refractivity contribution in [2.24, 2.45) is 0 Å². The number of fused-ring (bicyclic) bond motifs is 3. The van der Waals surface area contributed by atoms with Crippen molar-refractivity contribution >= 4 is 21.9 Å². The maximum absolute atomic E-state index is 6.23. The van der Waals surface area contributed by atoms with E-state index in [2.05, 4.69) is 37.4 Å². The standard InChI is InChI=1S/C31H27N7O3/c1-17-28-22(18-2-5-26-27(11-18)40-16-39-26)14-34-15-25(28)36-29(17)31-30-24(37-38-31)4-3-23(35-30)19-10-21(13-33-12-19)41-20-6-8-32-9-7-20/h2-5,10-15,20,32,36H,6-9,16H2,1H3,(H,37,38). The molecule has 204 valence electrons. The van der Waals surface area contributed by atoms with Gasteiger partial charge < -0.3 is 24.5 Å². The van der Waals surface area contributed by atoms with E-state index in [9.17, 15) is 0 Å². The molecule has 0 atom stereocenters. The molecule has 10 heteroatoms. The molecule has 7 heterocycles. The fraction of sp³-hybridized carbons (Fsp3) is 0.226. The van der Waals surface area contributed by atoms with Gasteiger partial charge in [0.05, 0.1) is 34.8 Å². The van der Waals surface area contributed by atoms with Crippen LogP contribution < -0.4 is 19.5 Å². The lowest BCUT2D eigenvalue weighted by Crippen LogP contribution is -2.34. The minimum Gasteiger partial charge on any atom is -0.489 e. The lowest BCUT2D eigenvalue weighted by atomic mass is 10.00. The monoisotopic (exact) mass is 545 g/mol. The molecule has 0 saturated carbocycles. The van der Waals surface area contributed by atoms with Crippen molar-refractivity contribution in [1.29, 1.82) is 0 Å². The molecule has 2 aliphatic heterocycles. The van der Waals surface area contributed by atoms with Gasteiger partial charge in [-0.05, 0) is 74.3 Å². The van der Waals surface area contributed by atoms with Gasteiger partial charge in [-0.3, -0.25) is 15.1 Å². The number of aromatic amines is 2. The third-order valence-corrected chi connectivity index (χ3v) is 7.88. The van der Waals surface area contributed by atoms with Gasteiger partial charge in [-0.15, -0.1) is 0 Å². The predicted molar refractivity (Wildman–Crippen MR) is 155 cm³/mol. The van der Waals surface area contributed by atoms with Gasteiger partial charge in [-0.25, -0.2) is 4.98 Å². The van der Waals surface area contributed by atoms with E-state index in [-0.39, 0.29) is 12.9 Å². The molecule has 8 rings (SSSR count). The van der Waals surface area contributed by atoms with Crippen LogP contribution in [-0.2, 0) is 0 Å². The predicted octanol–water partition coefficient (Wildman–Crippen LogP) is 5.40. The molecule has 6 aromatic rings. The largest absolute Gasteiger partial charge is 0.489 e. The van der Waals surface area contributed by atoms with E-state index >= 15 is 0 Å². The van der Waals surface area contributed by atoms with Crippen LogP contribution in [0.4, 0.5) is 0 Å². The summed E-state index contributed by atoms with van der Waals surface area (Å²) >= 11 is 0. The Labute approximate surface area is 235 Å². The summed E-state index contributed by atoms with van der Waals surface area (Å²) in [5, 5.41) is 12.3. The van der Waals surface area contributed by atoms with Crippen molar-refractivity contribution in [3.8, 4) is 51.0 Å². The number of H-pyrrole nitrogens is 2. The first kappa shape index (κ1) is 23.9. The molecule has 0 aliphatic carbocycles. The number of aryl methyl sites for hydroxylation is 1. The van der Waals surface area contributed by atoms with E-state index in [1.807, 2.05) is 55.0 Å². The fourth-order valence-corrected chi connectivity index (χ4v) is 5.80. The summed E-state index contributed by atoms with van der Waals surface area (Å²) in [6, 6.07) is 12.0. The number of hydrogen-bond donors (Lipinski definition) is 3. The van der Waals surface area contributed by atoms with E-state index in [1.165, 1.54) is 0 Å². The van der Waals surface area contributed by atoms with E-state index in [1.54, 1.807) is 6.20 Å². The Morgan fingerprint density at radius 1 is 0.878 bits per heavy atom. The first-order valence-electron chi connectivity index (χ1n) is 13.8. The summed E-state index contributed by atoms with van der Waals surface area (Å²) < 4.78 is 17.4. The molecule has 0 amide bonds. The normalized spacial score (nSPS) is 15.1. The third-order valence-electron chi connectivity index (χ3n) is 7.88. The molecule has 5 aromatic heterocycles. The van der Waals surface area contributed by atoms with Gasteiger partial charge in [0.1, 0.15) is 23.1 Å². The van der Waals surface area contributed by atoms with Crippen LogP contribution in [0.3, 0.4) is 0 Å². The maximum Gasteiger partial charge on any atom is 0.231 e. The Morgan fingerprint density at radius 2 is 1.76 bits per heavy atom. The van der Waals surface area contributed by atoms with Crippen LogP contribution in [0, 0.1) is 6.92 Å². The number of hydrogen-bond acceptors (Lipinski definition) is 8. The Kier molecular flexibility index (Phi) is 5.59. The van der Waals surface area contributed by atoms with Crippen LogP contribution in [-0.4, -0.2) is 56.1 Å². The number of piperidine rings is 1. The Balaban J connectivity index is 1.18. The molecule has 1 saturated heterocycles. The molecular weight excluding hydrogens is 518 g/mol. The second-order valence-electron chi connectivity index (χ2n) is 10.4. The summed E-state index contributed by atoms with van der Waals surface area (Å²) in [6.07, 6.45) is 9.50. The van der Waals surface area contributed by atoms with Crippen molar-refractivity contribution in [2.45, 2.75) is 25.9 Å². The van der Waals surface area contributed by atoms with Gasteiger partial charge in [-0.1, -0.05) is 6.07 Å². The molecule has 0 radical (unpaired) electrons. The second-order valence-corrected chi connectivity index (χ2v) is 10.4. The summed E-state index contributed by atoms with van der Waals surface area (Å²) in [6.45, 7) is 4.28. The second kappa shape index (κ2) is 9.60. The van der Waals surface area contributed by atoms with Crippen LogP contribution >= 0.6 is 0 Å². The fourth-order valence-electron chi connectivity index (χ4n) is 5.80. The topological polar surface area (TPSA) is 123 Å². The van der Waals surface area contributed by atoms with Crippen molar-refractivity contribution in [1.82, 2.24) is 35.5 Å². The van der Waals surface area contributed by atoms with E-state index in [0.29, 0.717) is 0 Å². The zero-order valence-electron chi connectivity index (χ0n) is 22.4. The highest BCUT2D eigenvalue weighted by molar-refractivity contribution is 6.03. The summed E-state index contributed by atoms with van der Waals surface area (Å²) in [4.78, 5) is 17.6. The molecule has 1 aromatic carbocycles. The zero-order chi connectivity index (χ0) is 27.3. The number of pyridine rings is 3. The van der Waals surface area contributed by atoms with Gasteiger partial charge in [0.25, 0.3) is 0 Å². The zero-order valence-corrected chi connectivity index (χ0v) is 22.4.